The first kappa shape index (κ1) is 12.6. The number of fused-ring (bicyclic) bond motifs is 1. The van der Waals surface area contributed by atoms with E-state index >= 15 is 0 Å². The fourth-order valence-corrected chi connectivity index (χ4v) is 3.01. The molecule has 1 atom stereocenters. The van der Waals surface area contributed by atoms with Crippen LogP contribution < -0.4 is 0 Å². The quantitative estimate of drug-likeness (QED) is 0.748. The highest BCUT2D eigenvalue weighted by Gasteiger charge is 2.26. The smallest absolute Gasteiger partial charge is 0.189 e. The molecule has 5 heteroatoms. The van der Waals surface area contributed by atoms with Crippen molar-refractivity contribution in [3.8, 4) is 6.07 Å². The van der Waals surface area contributed by atoms with Gasteiger partial charge in [0.05, 0.1) is 11.6 Å². The van der Waals surface area contributed by atoms with Gasteiger partial charge >= 0.3 is 0 Å². The van der Waals surface area contributed by atoms with Crippen molar-refractivity contribution >= 4 is 28.0 Å². The molecule has 0 amide bonds. The van der Waals surface area contributed by atoms with E-state index in [0.717, 1.165) is 16.6 Å². The van der Waals surface area contributed by atoms with Gasteiger partial charge in [-0.3, -0.25) is 4.79 Å². The molecule has 3 rings (SSSR count). The minimum absolute atomic E-state index is 0.213. The predicted molar refractivity (Wildman–Crippen MR) is 77.8 cm³/mol. The summed E-state index contributed by atoms with van der Waals surface area (Å²) in [6, 6.07) is 9.47. The second-order valence-corrected chi connectivity index (χ2v) is 5.39. The second-order valence-electron chi connectivity index (χ2n) is 4.50. The Labute approximate surface area is 119 Å². The molecule has 4 nitrogen and oxygen atoms in total. The largest absolute Gasteiger partial charge is 0.361 e. The number of nitriles is 1. The van der Waals surface area contributed by atoms with Gasteiger partial charge in [-0.15, -0.1) is 11.3 Å². The van der Waals surface area contributed by atoms with E-state index < -0.39 is 5.92 Å². The second kappa shape index (κ2) is 4.91. The monoisotopic (exact) mass is 281 g/mol. The van der Waals surface area contributed by atoms with Crippen LogP contribution >= 0.6 is 11.3 Å². The molecule has 1 N–H and O–H groups in total. The Morgan fingerprint density at radius 2 is 2.30 bits per heavy atom. The van der Waals surface area contributed by atoms with Crippen molar-refractivity contribution in [3.05, 3.63) is 52.1 Å². The van der Waals surface area contributed by atoms with E-state index in [1.165, 1.54) is 11.3 Å². The Kier molecular flexibility index (Phi) is 3.09. The van der Waals surface area contributed by atoms with Crippen molar-refractivity contribution in [3.63, 3.8) is 0 Å². The maximum Gasteiger partial charge on any atom is 0.189 e. The van der Waals surface area contributed by atoms with Crippen molar-refractivity contribution in [1.29, 1.82) is 5.26 Å². The maximum absolute atomic E-state index is 12.6. The number of carbonyl (C=O) groups is 1. The number of thiazole rings is 1. The number of nitrogens with zero attached hydrogens (tertiary/aromatic N) is 2. The number of ketones is 1. The lowest BCUT2D eigenvalue weighted by Gasteiger charge is -2.06. The van der Waals surface area contributed by atoms with Crippen molar-refractivity contribution in [2.24, 2.45) is 0 Å². The fraction of sp³-hybridized carbons (Fsp3) is 0.133. The van der Waals surface area contributed by atoms with Crippen LogP contribution in [0.25, 0.3) is 10.9 Å². The lowest BCUT2D eigenvalue weighted by atomic mass is 9.98. The van der Waals surface area contributed by atoms with Crippen LogP contribution in [0.1, 0.15) is 27.0 Å². The fourth-order valence-electron chi connectivity index (χ4n) is 2.18. The summed E-state index contributed by atoms with van der Waals surface area (Å²) < 4.78 is 0. The van der Waals surface area contributed by atoms with Crippen LogP contribution in [0.4, 0.5) is 0 Å². The Hall–Kier alpha value is -2.45. The highest BCUT2D eigenvalue weighted by Crippen LogP contribution is 2.27. The number of aromatic amines is 1. The molecule has 0 saturated carbocycles. The number of rotatable bonds is 3. The standard InChI is InChI=1S/C15H11N3OS/c1-9-8-20-15(18-9)12(7-16)14(19)11-4-2-3-10-5-6-17-13(10)11/h2-6,8,12,17H,1H3. The van der Waals surface area contributed by atoms with Crippen LogP contribution in [0, 0.1) is 18.3 Å². The van der Waals surface area contributed by atoms with Crippen molar-refractivity contribution in [2.75, 3.05) is 0 Å². The summed E-state index contributed by atoms with van der Waals surface area (Å²) in [6.45, 7) is 1.85. The molecule has 2 aromatic heterocycles. The SMILES string of the molecule is Cc1csc(C(C#N)C(=O)c2cccc3cc[nH]c23)n1. The van der Waals surface area contributed by atoms with Crippen LogP contribution in [-0.4, -0.2) is 15.8 Å². The van der Waals surface area contributed by atoms with Crippen LogP contribution in [0.3, 0.4) is 0 Å². The molecule has 0 aliphatic carbocycles. The maximum atomic E-state index is 12.6. The molecule has 0 fully saturated rings. The molecule has 0 aliphatic rings. The summed E-state index contributed by atoms with van der Waals surface area (Å²) in [7, 11) is 0. The average molecular weight is 281 g/mol. The van der Waals surface area contributed by atoms with E-state index in [-0.39, 0.29) is 5.78 Å². The molecule has 0 saturated heterocycles. The van der Waals surface area contributed by atoms with Crippen molar-refractivity contribution < 1.29 is 4.79 Å². The van der Waals surface area contributed by atoms with Crippen LogP contribution in [0.15, 0.2) is 35.8 Å². The molecule has 98 valence electrons. The molecule has 2 heterocycles. The van der Waals surface area contributed by atoms with E-state index in [4.69, 9.17) is 0 Å². The minimum atomic E-state index is -0.845. The third kappa shape index (κ3) is 2.00. The number of Topliss-reactive ketones (excluding diaryl/α,β-unsaturated/α-hetero) is 1. The van der Waals surface area contributed by atoms with Gasteiger partial charge in [-0.1, -0.05) is 12.1 Å². The Morgan fingerprint density at radius 1 is 1.45 bits per heavy atom. The minimum Gasteiger partial charge on any atom is -0.361 e. The molecular weight excluding hydrogens is 270 g/mol. The molecule has 0 aliphatic heterocycles. The third-order valence-electron chi connectivity index (χ3n) is 3.13. The first-order chi connectivity index (χ1) is 9.70. The van der Waals surface area contributed by atoms with E-state index in [2.05, 4.69) is 16.0 Å². The van der Waals surface area contributed by atoms with Gasteiger partial charge < -0.3 is 4.98 Å². The molecule has 3 aromatic rings. The summed E-state index contributed by atoms with van der Waals surface area (Å²) >= 11 is 1.35. The van der Waals surface area contributed by atoms with Gasteiger partial charge in [0.1, 0.15) is 5.01 Å². The topological polar surface area (TPSA) is 69.5 Å². The van der Waals surface area contributed by atoms with E-state index in [1.807, 2.05) is 30.5 Å². The molecule has 0 spiro atoms. The molecule has 1 unspecified atom stereocenters. The van der Waals surface area contributed by atoms with Crippen LogP contribution in [0.2, 0.25) is 0 Å². The van der Waals surface area contributed by atoms with Gasteiger partial charge in [-0.25, -0.2) is 4.98 Å². The number of aromatic nitrogens is 2. The lowest BCUT2D eigenvalue weighted by Crippen LogP contribution is -2.11. The Morgan fingerprint density at radius 3 is 3.00 bits per heavy atom. The van der Waals surface area contributed by atoms with Crippen LogP contribution in [0.5, 0.6) is 0 Å². The number of nitrogens with one attached hydrogen (secondary N) is 1. The summed E-state index contributed by atoms with van der Waals surface area (Å²) in [5.74, 6) is -1.06. The summed E-state index contributed by atoms with van der Waals surface area (Å²) in [5.41, 5.74) is 2.13. The zero-order valence-corrected chi connectivity index (χ0v) is 11.6. The zero-order valence-electron chi connectivity index (χ0n) is 10.8. The highest BCUT2D eigenvalue weighted by molar-refractivity contribution is 7.10. The molecule has 0 bridgehead atoms. The molecule has 1 aromatic carbocycles. The third-order valence-corrected chi connectivity index (χ3v) is 4.16. The van der Waals surface area contributed by atoms with Gasteiger partial charge in [0.2, 0.25) is 0 Å². The predicted octanol–water partition coefficient (Wildman–Crippen LogP) is 3.42. The normalized spacial score (nSPS) is 12.2. The van der Waals surface area contributed by atoms with Gasteiger partial charge in [-0.05, 0) is 19.1 Å². The van der Waals surface area contributed by atoms with E-state index in [0.29, 0.717) is 10.6 Å². The van der Waals surface area contributed by atoms with E-state index in [9.17, 15) is 10.1 Å². The van der Waals surface area contributed by atoms with Gasteiger partial charge in [0, 0.05) is 28.2 Å². The lowest BCUT2D eigenvalue weighted by molar-refractivity contribution is 0.0980. The summed E-state index contributed by atoms with van der Waals surface area (Å²) in [4.78, 5) is 19.9. The van der Waals surface area contributed by atoms with Gasteiger partial charge in [-0.2, -0.15) is 5.26 Å². The zero-order chi connectivity index (χ0) is 14.1. The number of hydrogen-bond donors (Lipinski definition) is 1. The van der Waals surface area contributed by atoms with Crippen molar-refractivity contribution in [1.82, 2.24) is 9.97 Å². The number of aryl methyl sites for hydroxylation is 1. The first-order valence-electron chi connectivity index (χ1n) is 6.12. The Balaban J connectivity index is 2.07. The number of carbonyl (C=O) groups excluding carboxylic acids is 1. The van der Waals surface area contributed by atoms with Crippen LogP contribution in [-0.2, 0) is 0 Å². The molecule has 20 heavy (non-hydrogen) atoms. The average Bonchev–Trinajstić information content (AvgIpc) is 3.07. The number of H-pyrrole nitrogens is 1. The van der Waals surface area contributed by atoms with Crippen molar-refractivity contribution in [2.45, 2.75) is 12.8 Å². The number of benzene rings is 1. The van der Waals surface area contributed by atoms with E-state index in [1.54, 1.807) is 12.3 Å². The Bertz CT molecular complexity index is 825. The molecular formula is C15H11N3OS. The number of para-hydroxylation sites is 1. The highest BCUT2D eigenvalue weighted by atomic mass is 32.1. The van der Waals surface area contributed by atoms with Gasteiger partial charge in [0.15, 0.2) is 11.7 Å². The number of hydrogen-bond acceptors (Lipinski definition) is 4. The summed E-state index contributed by atoms with van der Waals surface area (Å²) in [6.07, 6.45) is 1.79. The van der Waals surface area contributed by atoms with Gasteiger partial charge in [0.25, 0.3) is 0 Å². The summed E-state index contributed by atoms with van der Waals surface area (Å²) in [5, 5.41) is 12.7. The first-order valence-corrected chi connectivity index (χ1v) is 7.00. The molecule has 0 radical (unpaired) electrons.